The van der Waals surface area contributed by atoms with Crippen molar-refractivity contribution in [2.75, 3.05) is 33.5 Å². The smallest absolute Gasteiger partial charge is 0.366 e. The van der Waals surface area contributed by atoms with Crippen molar-refractivity contribution >= 4 is 83.4 Å². The Bertz CT molecular complexity index is 3510. The van der Waals surface area contributed by atoms with E-state index in [1.165, 1.54) is 117 Å². The van der Waals surface area contributed by atoms with E-state index in [4.69, 9.17) is 85.3 Å². The van der Waals surface area contributed by atoms with Crippen molar-refractivity contribution in [1.82, 2.24) is 10.6 Å². The highest BCUT2D eigenvalue weighted by Gasteiger charge is 2.65. The molecule has 3 fully saturated rings. The Kier molecular flexibility index (Phi) is 50.2. The van der Waals surface area contributed by atoms with Crippen LogP contribution >= 0.6 is 0 Å². The average Bonchev–Trinajstić information content (AvgIpc) is 0.752. The van der Waals surface area contributed by atoms with Gasteiger partial charge in [-0.2, -0.15) is 0 Å². The van der Waals surface area contributed by atoms with Crippen LogP contribution in [0, 0.1) is 5.41 Å². The Balaban J connectivity index is 2.00. The van der Waals surface area contributed by atoms with Crippen LogP contribution in [0.25, 0.3) is 0 Å². The number of allylic oxidation sites excluding steroid dienone is 1. The van der Waals surface area contributed by atoms with Gasteiger partial charge in [0.25, 0.3) is 5.79 Å². The highest BCUT2D eigenvalue weighted by atomic mass is 16.8. The molecule has 0 saturated carbocycles. The summed E-state index contributed by atoms with van der Waals surface area (Å²) in [5.41, 5.74) is -1.21. The predicted molar refractivity (Wildman–Crippen MR) is 445 cm³/mol. The average molecular weight is 1760 g/mol. The van der Waals surface area contributed by atoms with Crippen LogP contribution in [0.4, 0.5) is 0 Å². The van der Waals surface area contributed by atoms with Gasteiger partial charge in [-0.05, 0) is 58.2 Å². The molecule has 3 aliphatic rings. The molecule has 1 aromatic carbocycles. The third kappa shape index (κ3) is 40.3. The summed E-state index contributed by atoms with van der Waals surface area (Å²) in [6.45, 7) is 15.2. The predicted octanol–water partition coefficient (Wildman–Crippen LogP) is 11.9. The zero-order chi connectivity index (χ0) is 91.9. The summed E-state index contributed by atoms with van der Waals surface area (Å²) in [5, 5.41) is 5.60. The standard InChI is InChI=1S/C90H140N2O32/c1-17-19-21-23-25-27-29-31-32-34-36-38-40-42-47-51-74(103)92-68(69(118-84(104)67-48-44-43-45-49-67)50-46-41-39-37-35-33-30-28-26-24-22-20-18-2)53-111-85-82(122-87(105)89(13,14)15)80(116-65(11)101)77(72(119-85)55-109-59(5)95)121-86-83(117-66(12)102)81(78(115-64(10)100)73(120-86)56-110-60(6)96)124-90(88(106)107-16)52-70(112-61(7)97)75(91-57(3)93)79(123-90)76(114-63(9)99)71(113-62(8)98)54-108-58(4)94/h43-46,48-50,68-73,75-83,85-86H,17-42,47,51-56H2,1-16H3,(H,91,93)(H,92,103)/b50-46+/t68-,69+,70-,71+,72+,73+,75+,76+,77+,78-,79+,80-,81-,82+,83+,85+,86-,90-/m0/s1. The molecule has 34 heteroatoms. The van der Waals surface area contributed by atoms with E-state index in [0.717, 1.165) is 141 Å². The van der Waals surface area contributed by atoms with E-state index in [1.807, 2.05) is 6.08 Å². The van der Waals surface area contributed by atoms with E-state index in [-0.39, 0.29) is 12.0 Å². The molecule has 124 heavy (non-hydrogen) atoms. The van der Waals surface area contributed by atoms with Crippen molar-refractivity contribution in [2.24, 2.45) is 5.41 Å². The Hall–Kier alpha value is -8.70. The first-order valence-corrected chi connectivity index (χ1v) is 44.1. The van der Waals surface area contributed by atoms with Gasteiger partial charge in [-0.25, -0.2) is 9.59 Å². The first-order valence-electron chi connectivity index (χ1n) is 44.1. The molecule has 3 aliphatic heterocycles. The largest absolute Gasteiger partial charge is 0.465 e. The Labute approximate surface area is 730 Å². The number of unbranched alkanes of at least 4 members (excludes halogenated alkanes) is 25. The maximum absolute atomic E-state index is 15.2. The monoisotopic (exact) mass is 1760 g/mol. The number of benzene rings is 1. The number of ether oxygens (including phenoxy) is 18. The Morgan fingerprint density at radius 2 is 0.960 bits per heavy atom. The maximum Gasteiger partial charge on any atom is 0.366 e. The van der Waals surface area contributed by atoms with Crippen molar-refractivity contribution in [3.63, 3.8) is 0 Å². The summed E-state index contributed by atoms with van der Waals surface area (Å²) in [5.74, 6) is -17.5. The highest BCUT2D eigenvalue weighted by Crippen LogP contribution is 2.43. The third-order valence-corrected chi connectivity index (χ3v) is 20.7. The van der Waals surface area contributed by atoms with Gasteiger partial charge in [0.05, 0.1) is 43.2 Å². The fraction of sp³-hybridized carbons (Fsp3) is 0.756. The van der Waals surface area contributed by atoms with Gasteiger partial charge in [0.15, 0.2) is 49.2 Å². The van der Waals surface area contributed by atoms with Gasteiger partial charge in [-0.1, -0.05) is 192 Å². The number of amides is 2. The van der Waals surface area contributed by atoms with E-state index in [2.05, 4.69) is 24.5 Å². The molecule has 34 nitrogen and oxygen atoms in total. The van der Waals surface area contributed by atoms with Crippen molar-refractivity contribution in [2.45, 2.75) is 400 Å². The van der Waals surface area contributed by atoms with Crippen LogP contribution in [-0.4, -0.2) is 227 Å². The van der Waals surface area contributed by atoms with Gasteiger partial charge >= 0.3 is 71.6 Å². The lowest BCUT2D eigenvalue weighted by Gasteiger charge is -2.52. The van der Waals surface area contributed by atoms with Crippen molar-refractivity contribution in [3.05, 3.63) is 48.0 Å². The van der Waals surface area contributed by atoms with E-state index in [1.54, 1.807) is 36.4 Å². The number of hydrogen-bond donors (Lipinski definition) is 2. The number of hydrogen-bond acceptors (Lipinski definition) is 32. The molecular formula is C90H140N2O32. The lowest BCUT2D eigenvalue weighted by Crippen LogP contribution is -2.72. The molecule has 2 amide bonds. The number of nitrogens with one attached hydrogen (secondary N) is 2. The van der Waals surface area contributed by atoms with Gasteiger partial charge in [-0.15, -0.1) is 0 Å². The second-order valence-electron chi connectivity index (χ2n) is 32.8. The van der Waals surface area contributed by atoms with E-state index in [9.17, 15) is 62.3 Å². The summed E-state index contributed by atoms with van der Waals surface area (Å²) in [6, 6.07) is 5.11. The van der Waals surface area contributed by atoms with Crippen LogP contribution in [-0.2, 0) is 148 Å². The summed E-state index contributed by atoms with van der Waals surface area (Å²) in [4.78, 5) is 192. The highest BCUT2D eigenvalue weighted by molar-refractivity contribution is 5.89. The zero-order valence-electron chi connectivity index (χ0n) is 75.8. The lowest BCUT2D eigenvalue weighted by molar-refractivity contribution is -0.387. The van der Waals surface area contributed by atoms with Crippen molar-refractivity contribution in [1.29, 1.82) is 0 Å². The van der Waals surface area contributed by atoms with Crippen LogP contribution < -0.4 is 10.6 Å². The Morgan fingerprint density at radius 3 is 1.44 bits per heavy atom. The molecule has 0 radical (unpaired) electrons. The first-order chi connectivity index (χ1) is 58.9. The summed E-state index contributed by atoms with van der Waals surface area (Å²) >= 11 is 0. The molecule has 702 valence electrons. The topological polar surface area (TPSA) is 429 Å². The quantitative estimate of drug-likeness (QED) is 0.0265. The molecule has 3 saturated heterocycles. The molecule has 0 unspecified atom stereocenters. The molecule has 0 spiro atoms. The number of methoxy groups -OCH3 is 1. The first kappa shape index (κ1) is 108. The molecular weight excluding hydrogens is 1620 g/mol. The normalized spacial score (nSPS) is 23.4. The van der Waals surface area contributed by atoms with Crippen molar-refractivity contribution < 1.29 is 152 Å². The fourth-order valence-corrected chi connectivity index (χ4v) is 14.8. The van der Waals surface area contributed by atoms with Gasteiger partial charge in [0.1, 0.15) is 62.5 Å². The fourth-order valence-electron chi connectivity index (χ4n) is 14.8. The maximum atomic E-state index is 15.2. The molecule has 4 rings (SSSR count). The molecule has 0 bridgehead atoms. The molecule has 3 heterocycles. The van der Waals surface area contributed by atoms with Gasteiger partial charge < -0.3 is 95.9 Å². The van der Waals surface area contributed by atoms with E-state index < -0.39 is 232 Å². The summed E-state index contributed by atoms with van der Waals surface area (Å²) < 4.78 is 110. The number of esters is 12. The lowest BCUT2D eigenvalue weighted by atomic mass is 9.87. The number of carbonyl (C=O) groups excluding carboxylic acids is 14. The number of rotatable bonds is 57. The molecule has 0 aromatic heterocycles. The summed E-state index contributed by atoms with van der Waals surface area (Å²) in [6.07, 6.45) is 1.36. The minimum atomic E-state index is -3.24. The molecule has 2 N–H and O–H groups in total. The van der Waals surface area contributed by atoms with Crippen molar-refractivity contribution in [3.8, 4) is 0 Å². The Morgan fingerprint density at radius 1 is 0.492 bits per heavy atom. The van der Waals surface area contributed by atoms with Gasteiger partial charge in [0.2, 0.25) is 11.8 Å². The summed E-state index contributed by atoms with van der Waals surface area (Å²) in [7, 11) is 0.835. The third-order valence-electron chi connectivity index (χ3n) is 20.7. The number of carbonyl (C=O) groups is 14. The minimum absolute atomic E-state index is 0.0475. The van der Waals surface area contributed by atoms with Crippen LogP contribution in [0.15, 0.2) is 42.5 Å². The van der Waals surface area contributed by atoms with Crippen LogP contribution in [0.5, 0.6) is 0 Å². The van der Waals surface area contributed by atoms with E-state index in [0.29, 0.717) is 12.8 Å². The van der Waals surface area contributed by atoms with Gasteiger partial charge in [-0.3, -0.25) is 57.5 Å². The van der Waals surface area contributed by atoms with Gasteiger partial charge in [0, 0.05) is 75.7 Å². The van der Waals surface area contributed by atoms with Crippen LogP contribution in [0.1, 0.15) is 300 Å². The molecule has 18 atom stereocenters. The van der Waals surface area contributed by atoms with E-state index >= 15 is 4.79 Å². The molecule has 1 aromatic rings. The SMILES string of the molecule is CCCCCCCCCCCCC/C=C/[C@@H](OC(=O)c1ccccc1)[C@H](CO[C@@H]1O[C@H](COC(C)=O)[C@@H](O[C@@H]2O[C@H](COC(C)=O)[C@H](OC(C)=O)[C@H](O[C@]3(C(=O)OC)C[C@H](OC(C)=O)[C@@H](NC(C)=O)[C@H]([C@H](OC(C)=O)[C@@H](COC(C)=O)OC(C)=O)O3)[C@H]2OC(C)=O)[C@H](OC(C)=O)[C@H]1OC(=O)C(C)(C)C)NC(=O)CCCCCCCCCCCCCCCCC. The minimum Gasteiger partial charge on any atom is -0.465 e. The zero-order valence-corrected chi connectivity index (χ0v) is 75.8. The second kappa shape index (κ2) is 57.8. The molecule has 0 aliphatic carbocycles. The van der Waals surface area contributed by atoms with Crippen LogP contribution in [0.3, 0.4) is 0 Å². The van der Waals surface area contributed by atoms with Crippen LogP contribution in [0.2, 0.25) is 0 Å². The second-order valence-corrected chi connectivity index (χ2v) is 32.8.